The summed E-state index contributed by atoms with van der Waals surface area (Å²) in [5, 5.41) is 3.01. The van der Waals surface area contributed by atoms with Gasteiger partial charge in [0, 0.05) is 43.5 Å². The zero-order valence-electron chi connectivity index (χ0n) is 19.2. The number of benzene rings is 2. The summed E-state index contributed by atoms with van der Waals surface area (Å²) in [5.41, 5.74) is 3.21. The van der Waals surface area contributed by atoms with E-state index in [1.54, 1.807) is 42.5 Å². The highest BCUT2D eigenvalue weighted by molar-refractivity contribution is 5.95. The van der Waals surface area contributed by atoms with E-state index in [9.17, 15) is 9.59 Å². The molecule has 0 radical (unpaired) electrons. The molecule has 1 N–H and O–H groups in total. The highest BCUT2D eigenvalue weighted by Gasteiger charge is 2.29. The molecule has 1 saturated carbocycles. The molecule has 0 aliphatic heterocycles. The maximum atomic E-state index is 13.5. The Morgan fingerprint density at radius 1 is 1.06 bits per heavy atom. The quantitative estimate of drug-likeness (QED) is 0.521. The second-order valence-electron chi connectivity index (χ2n) is 8.47. The molecule has 3 aromatic rings. The minimum absolute atomic E-state index is 0.0558. The van der Waals surface area contributed by atoms with E-state index in [2.05, 4.69) is 5.32 Å². The molecule has 1 aliphatic rings. The predicted octanol–water partition coefficient (Wildman–Crippen LogP) is 4.55. The molecule has 7 heteroatoms. The third kappa shape index (κ3) is 5.55. The van der Waals surface area contributed by atoms with Crippen LogP contribution in [0, 0.1) is 5.92 Å². The zero-order valence-corrected chi connectivity index (χ0v) is 19.2. The molecule has 1 heterocycles. The van der Waals surface area contributed by atoms with E-state index in [0.717, 1.165) is 29.8 Å². The van der Waals surface area contributed by atoms with Crippen molar-refractivity contribution in [1.29, 1.82) is 0 Å². The first-order chi connectivity index (χ1) is 15.9. The maximum absolute atomic E-state index is 13.5. The minimum atomic E-state index is -0.119. The van der Waals surface area contributed by atoms with E-state index in [-0.39, 0.29) is 17.7 Å². The van der Waals surface area contributed by atoms with E-state index in [0.29, 0.717) is 30.2 Å². The average molecular weight is 448 g/mol. The normalized spacial score (nSPS) is 12.8. The topological polar surface area (TPSA) is 75.0 Å². The van der Waals surface area contributed by atoms with Gasteiger partial charge in [0.2, 0.25) is 5.91 Å². The van der Waals surface area contributed by atoms with Crippen LogP contribution in [0.15, 0.2) is 65.3 Å². The van der Waals surface area contributed by atoms with Crippen LogP contribution in [0.5, 0.6) is 5.75 Å². The van der Waals surface area contributed by atoms with Gasteiger partial charge in [-0.2, -0.15) is 0 Å². The Hall–Kier alpha value is -3.74. The molecule has 2 amide bonds. The summed E-state index contributed by atoms with van der Waals surface area (Å²) in [6.07, 6.45) is 3.49. The highest BCUT2D eigenvalue weighted by Crippen LogP contribution is 2.31. The molecule has 4 rings (SSSR count). The lowest BCUT2D eigenvalue weighted by Crippen LogP contribution is -2.30. The number of anilines is 2. The van der Waals surface area contributed by atoms with Crippen molar-refractivity contribution in [3.8, 4) is 5.75 Å². The molecule has 0 atom stereocenters. The summed E-state index contributed by atoms with van der Waals surface area (Å²) in [5.74, 6) is 1.44. The number of hydrogen-bond donors (Lipinski definition) is 1. The van der Waals surface area contributed by atoms with Gasteiger partial charge < -0.3 is 24.3 Å². The van der Waals surface area contributed by atoms with Crippen molar-refractivity contribution in [1.82, 2.24) is 4.90 Å². The van der Waals surface area contributed by atoms with Gasteiger partial charge in [0.05, 0.1) is 19.9 Å². The monoisotopic (exact) mass is 447 g/mol. The van der Waals surface area contributed by atoms with Crippen molar-refractivity contribution in [2.24, 2.45) is 5.92 Å². The molecular formula is C26H29N3O4. The molecule has 33 heavy (non-hydrogen) atoms. The first-order valence-corrected chi connectivity index (χ1v) is 11.0. The molecule has 0 saturated heterocycles. The summed E-state index contributed by atoms with van der Waals surface area (Å²) in [7, 11) is 5.52. The Morgan fingerprint density at radius 2 is 1.82 bits per heavy atom. The fourth-order valence-corrected chi connectivity index (χ4v) is 3.73. The number of furan rings is 1. The van der Waals surface area contributed by atoms with Gasteiger partial charge in [-0.15, -0.1) is 0 Å². The van der Waals surface area contributed by atoms with Crippen molar-refractivity contribution in [3.05, 3.63) is 77.7 Å². The summed E-state index contributed by atoms with van der Waals surface area (Å²) in [6, 6.07) is 16.6. The Morgan fingerprint density at radius 3 is 2.42 bits per heavy atom. The first kappa shape index (κ1) is 22.5. The Balaban J connectivity index is 1.63. The number of methoxy groups -OCH3 is 1. The summed E-state index contributed by atoms with van der Waals surface area (Å²) < 4.78 is 10.7. The lowest BCUT2D eigenvalue weighted by Gasteiger charge is -2.26. The van der Waals surface area contributed by atoms with Crippen molar-refractivity contribution in [2.45, 2.75) is 25.9 Å². The fraction of sp³-hybridized carbons (Fsp3) is 0.308. The summed E-state index contributed by atoms with van der Waals surface area (Å²) >= 11 is 0. The molecule has 1 fully saturated rings. The SMILES string of the molecule is COc1ccc(C(=O)N(Cc2ccco2)Cc2cc(NC(=O)C3CC3)ccc2N(C)C)cc1. The fourth-order valence-electron chi connectivity index (χ4n) is 3.73. The van der Waals surface area contributed by atoms with Crippen LogP contribution < -0.4 is 15.0 Å². The number of carbonyl (C=O) groups excluding carboxylic acids is 2. The Labute approximate surface area is 193 Å². The molecular weight excluding hydrogens is 418 g/mol. The standard InChI is InChI=1S/C26H29N3O4/c1-28(2)24-13-10-21(27-25(30)18-6-7-18)15-20(24)16-29(17-23-5-4-14-33-23)26(31)19-8-11-22(32-3)12-9-19/h4-5,8-15,18H,6-7,16-17H2,1-3H3,(H,27,30). The smallest absolute Gasteiger partial charge is 0.254 e. The molecule has 2 aromatic carbocycles. The van der Waals surface area contributed by atoms with Gasteiger partial charge in [0.1, 0.15) is 11.5 Å². The van der Waals surface area contributed by atoms with E-state index >= 15 is 0 Å². The van der Waals surface area contributed by atoms with E-state index in [4.69, 9.17) is 9.15 Å². The molecule has 0 bridgehead atoms. The minimum Gasteiger partial charge on any atom is -0.497 e. The van der Waals surface area contributed by atoms with E-state index in [1.807, 2.05) is 49.3 Å². The number of carbonyl (C=O) groups is 2. The van der Waals surface area contributed by atoms with Crippen LogP contribution in [-0.2, 0) is 17.9 Å². The van der Waals surface area contributed by atoms with Crippen LogP contribution in [0.4, 0.5) is 11.4 Å². The van der Waals surface area contributed by atoms with Crippen LogP contribution in [-0.4, -0.2) is 37.9 Å². The predicted molar refractivity (Wildman–Crippen MR) is 127 cm³/mol. The van der Waals surface area contributed by atoms with Gasteiger partial charge in [0.25, 0.3) is 5.91 Å². The van der Waals surface area contributed by atoms with Crippen LogP contribution in [0.1, 0.15) is 34.5 Å². The van der Waals surface area contributed by atoms with Crippen LogP contribution in [0.2, 0.25) is 0 Å². The molecule has 1 aliphatic carbocycles. The largest absolute Gasteiger partial charge is 0.497 e. The lowest BCUT2D eigenvalue weighted by atomic mass is 10.1. The molecule has 0 unspecified atom stereocenters. The van der Waals surface area contributed by atoms with Crippen molar-refractivity contribution >= 4 is 23.2 Å². The zero-order chi connectivity index (χ0) is 23.4. The van der Waals surface area contributed by atoms with E-state index < -0.39 is 0 Å². The van der Waals surface area contributed by atoms with Gasteiger partial charge in [-0.05, 0) is 73.0 Å². The number of amides is 2. The number of ether oxygens (including phenoxy) is 1. The number of nitrogens with zero attached hydrogens (tertiary/aromatic N) is 2. The number of hydrogen-bond acceptors (Lipinski definition) is 5. The second-order valence-corrected chi connectivity index (χ2v) is 8.47. The van der Waals surface area contributed by atoms with Crippen molar-refractivity contribution in [2.75, 3.05) is 31.4 Å². The Bertz CT molecular complexity index is 1100. The lowest BCUT2D eigenvalue weighted by molar-refractivity contribution is -0.117. The van der Waals surface area contributed by atoms with Crippen LogP contribution in [0.3, 0.4) is 0 Å². The third-order valence-electron chi connectivity index (χ3n) is 5.69. The van der Waals surface area contributed by atoms with Gasteiger partial charge >= 0.3 is 0 Å². The number of nitrogens with one attached hydrogen (secondary N) is 1. The second kappa shape index (κ2) is 9.81. The van der Waals surface area contributed by atoms with Gasteiger partial charge in [-0.25, -0.2) is 0 Å². The maximum Gasteiger partial charge on any atom is 0.254 e. The molecule has 172 valence electrons. The summed E-state index contributed by atoms with van der Waals surface area (Å²) in [4.78, 5) is 29.5. The molecule has 7 nitrogen and oxygen atoms in total. The average Bonchev–Trinajstić information content (AvgIpc) is 3.55. The van der Waals surface area contributed by atoms with Crippen LogP contribution >= 0.6 is 0 Å². The Kier molecular flexibility index (Phi) is 6.68. The molecule has 0 spiro atoms. The highest BCUT2D eigenvalue weighted by atomic mass is 16.5. The van der Waals surface area contributed by atoms with Crippen LogP contribution in [0.25, 0.3) is 0 Å². The van der Waals surface area contributed by atoms with Crippen molar-refractivity contribution in [3.63, 3.8) is 0 Å². The number of rotatable bonds is 9. The third-order valence-corrected chi connectivity index (χ3v) is 5.69. The first-order valence-electron chi connectivity index (χ1n) is 11.0. The summed E-state index contributed by atoms with van der Waals surface area (Å²) in [6.45, 7) is 0.676. The van der Waals surface area contributed by atoms with Gasteiger partial charge in [-0.1, -0.05) is 0 Å². The van der Waals surface area contributed by atoms with Gasteiger partial charge in [0.15, 0.2) is 0 Å². The molecule has 1 aromatic heterocycles. The van der Waals surface area contributed by atoms with Gasteiger partial charge in [-0.3, -0.25) is 9.59 Å². The van der Waals surface area contributed by atoms with Crippen molar-refractivity contribution < 1.29 is 18.7 Å². The van der Waals surface area contributed by atoms with E-state index in [1.165, 1.54) is 0 Å².